The van der Waals surface area contributed by atoms with Gasteiger partial charge in [0, 0.05) is 0 Å². The summed E-state index contributed by atoms with van der Waals surface area (Å²) in [6, 6.07) is 6.79. The number of hydrogen-bond donors (Lipinski definition) is 0. The summed E-state index contributed by atoms with van der Waals surface area (Å²) in [7, 11) is 2.95. The Labute approximate surface area is 122 Å². The van der Waals surface area contributed by atoms with Crippen molar-refractivity contribution < 1.29 is 0 Å². The molecule has 0 nitrogen and oxygen atoms in total. The van der Waals surface area contributed by atoms with Gasteiger partial charge in [0.15, 0.2) is 0 Å². The topological polar surface area (TPSA) is 0 Å². The summed E-state index contributed by atoms with van der Waals surface area (Å²) in [5, 5.41) is 1.38. The largest absolute Gasteiger partial charge is 0.105 e. The monoisotopic (exact) mass is 278 g/mol. The molecule has 0 heterocycles. The van der Waals surface area contributed by atoms with E-state index in [1.165, 1.54) is 31.0 Å². The summed E-state index contributed by atoms with van der Waals surface area (Å²) >= 11 is 0. The third-order valence-corrected chi connectivity index (χ3v) is 4.73. The first-order valence-electron chi connectivity index (χ1n) is 7.65. The molecule has 108 valence electrons. The van der Waals surface area contributed by atoms with Crippen LogP contribution in [0.25, 0.3) is 0 Å². The van der Waals surface area contributed by atoms with E-state index in [-0.39, 0.29) is 10.8 Å². The molecular weight excluding hydrogens is 247 g/mol. The molecule has 0 aliphatic carbocycles. The Kier molecular flexibility index (Phi) is 5.63. The zero-order chi connectivity index (χ0) is 14.7. The van der Waals surface area contributed by atoms with E-state index in [2.05, 4.69) is 69.0 Å². The zero-order valence-electron chi connectivity index (χ0n) is 13.6. The van der Waals surface area contributed by atoms with Crippen molar-refractivity contribution in [2.45, 2.75) is 78.1 Å². The van der Waals surface area contributed by atoms with E-state index in [9.17, 15) is 0 Å². The third-order valence-electron chi connectivity index (χ3n) is 4.25. The lowest BCUT2D eigenvalue weighted by molar-refractivity contribution is 0.430. The van der Waals surface area contributed by atoms with Crippen LogP contribution in [0.2, 0.25) is 0 Å². The summed E-state index contributed by atoms with van der Waals surface area (Å²) < 4.78 is 0. The molecule has 1 heteroatoms. The molecule has 1 aromatic rings. The molecular formula is C18H31P. The standard InChI is InChI=1S/C18H31P/c1-7-12-17(3,4)14-10-9-11-15(19)16(14)18(5,6)13-8-2/h9-11H,7-8,12-13,19H2,1-6H3. The summed E-state index contributed by atoms with van der Waals surface area (Å²) in [6.07, 6.45) is 4.96. The zero-order valence-corrected chi connectivity index (χ0v) is 14.8. The highest BCUT2D eigenvalue weighted by atomic mass is 31.0. The van der Waals surface area contributed by atoms with Gasteiger partial charge in [-0.2, -0.15) is 0 Å². The van der Waals surface area contributed by atoms with Gasteiger partial charge in [-0.05, 0) is 40.1 Å². The van der Waals surface area contributed by atoms with E-state index in [0.29, 0.717) is 0 Å². The van der Waals surface area contributed by atoms with Gasteiger partial charge < -0.3 is 0 Å². The third kappa shape index (κ3) is 3.82. The molecule has 0 aliphatic rings. The maximum atomic E-state index is 2.95. The average molecular weight is 278 g/mol. The lowest BCUT2D eigenvalue weighted by atomic mass is 9.70. The summed E-state index contributed by atoms with van der Waals surface area (Å²) in [6.45, 7) is 14.1. The smallest absolute Gasteiger partial charge is 0.00946 e. The first-order valence-corrected chi connectivity index (χ1v) is 8.23. The Balaban J connectivity index is 3.38. The highest BCUT2D eigenvalue weighted by Gasteiger charge is 2.30. The quantitative estimate of drug-likeness (QED) is 0.616. The fourth-order valence-electron chi connectivity index (χ4n) is 3.40. The fraction of sp³-hybridized carbons (Fsp3) is 0.667. The SMILES string of the molecule is CCCC(C)(C)c1cccc(P)c1C(C)(C)CCC. The van der Waals surface area contributed by atoms with Gasteiger partial charge >= 0.3 is 0 Å². The van der Waals surface area contributed by atoms with Crippen LogP contribution in [0.4, 0.5) is 0 Å². The van der Waals surface area contributed by atoms with Gasteiger partial charge in [0.25, 0.3) is 0 Å². The van der Waals surface area contributed by atoms with Crippen LogP contribution in [0.15, 0.2) is 18.2 Å². The van der Waals surface area contributed by atoms with Gasteiger partial charge in [-0.25, -0.2) is 0 Å². The minimum Gasteiger partial charge on any atom is -0.105 e. The van der Waals surface area contributed by atoms with Crippen LogP contribution in [0.3, 0.4) is 0 Å². The number of hydrogen-bond acceptors (Lipinski definition) is 0. The van der Waals surface area contributed by atoms with E-state index < -0.39 is 0 Å². The first kappa shape index (κ1) is 16.7. The maximum Gasteiger partial charge on any atom is -0.00946 e. The minimum atomic E-state index is 0.257. The number of benzene rings is 1. The van der Waals surface area contributed by atoms with Crippen molar-refractivity contribution in [3.05, 3.63) is 29.3 Å². The Hall–Kier alpha value is -0.350. The summed E-state index contributed by atoms with van der Waals surface area (Å²) in [4.78, 5) is 0. The van der Waals surface area contributed by atoms with Crippen LogP contribution in [0.1, 0.15) is 78.4 Å². The first-order chi connectivity index (χ1) is 8.76. The number of rotatable bonds is 6. The lowest BCUT2D eigenvalue weighted by Crippen LogP contribution is -2.30. The van der Waals surface area contributed by atoms with Gasteiger partial charge in [-0.3, -0.25) is 0 Å². The highest BCUT2D eigenvalue weighted by Crippen LogP contribution is 2.38. The molecule has 1 rings (SSSR count). The fourth-order valence-corrected chi connectivity index (χ4v) is 4.06. The van der Waals surface area contributed by atoms with E-state index in [1.807, 2.05) is 0 Å². The van der Waals surface area contributed by atoms with Crippen molar-refractivity contribution in [3.8, 4) is 0 Å². The molecule has 0 aromatic heterocycles. The molecule has 1 unspecified atom stereocenters. The van der Waals surface area contributed by atoms with Gasteiger partial charge in [-0.1, -0.05) is 72.6 Å². The average Bonchev–Trinajstić information content (AvgIpc) is 2.28. The highest BCUT2D eigenvalue weighted by molar-refractivity contribution is 7.27. The van der Waals surface area contributed by atoms with E-state index >= 15 is 0 Å². The molecule has 0 spiro atoms. The van der Waals surface area contributed by atoms with Crippen LogP contribution in [-0.2, 0) is 10.8 Å². The Bertz CT molecular complexity index is 416. The molecule has 19 heavy (non-hydrogen) atoms. The van der Waals surface area contributed by atoms with Gasteiger partial charge in [0.05, 0.1) is 0 Å². The van der Waals surface area contributed by atoms with Crippen LogP contribution in [-0.4, -0.2) is 0 Å². The minimum absolute atomic E-state index is 0.257. The second kappa shape index (κ2) is 6.40. The Morgan fingerprint density at radius 3 is 1.95 bits per heavy atom. The van der Waals surface area contributed by atoms with Crippen molar-refractivity contribution >= 4 is 14.5 Å². The van der Waals surface area contributed by atoms with Crippen molar-refractivity contribution in [1.82, 2.24) is 0 Å². The van der Waals surface area contributed by atoms with Crippen LogP contribution < -0.4 is 5.30 Å². The van der Waals surface area contributed by atoms with E-state index in [0.717, 1.165) is 0 Å². The lowest BCUT2D eigenvalue weighted by Gasteiger charge is -2.36. The molecule has 0 radical (unpaired) electrons. The van der Waals surface area contributed by atoms with Gasteiger partial charge in [0.1, 0.15) is 0 Å². The van der Waals surface area contributed by atoms with E-state index in [1.54, 1.807) is 11.1 Å². The Morgan fingerprint density at radius 2 is 1.42 bits per heavy atom. The predicted molar refractivity (Wildman–Crippen MR) is 91.7 cm³/mol. The van der Waals surface area contributed by atoms with Crippen molar-refractivity contribution in [3.63, 3.8) is 0 Å². The molecule has 0 N–H and O–H groups in total. The molecule has 0 bridgehead atoms. The van der Waals surface area contributed by atoms with Crippen LogP contribution in [0.5, 0.6) is 0 Å². The van der Waals surface area contributed by atoms with Gasteiger partial charge in [0.2, 0.25) is 0 Å². The second-order valence-electron chi connectivity index (χ2n) is 7.04. The summed E-state index contributed by atoms with van der Waals surface area (Å²) in [5.74, 6) is 0. The Morgan fingerprint density at radius 1 is 0.895 bits per heavy atom. The molecule has 0 fully saturated rings. The predicted octanol–water partition coefficient (Wildman–Crippen LogP) is 5.34. The van der Waals surface area contributed by atoms with Gasteiger partial charge in [-0.15, -0.1) is 9.24 Å². The van der Waals surface area contributed by atoms with Crippen molar-refractivity contribution in [1.29, 1.82) is 0 Å². The van der Waals surface area contributed by atoms with E-state index in [4.69, 9.17) is 0 Å². The normalized spacial score (nSPS) is 12.8. The van der Waals surface area contributed by atoms with Crippen molar-refractivity contribution in [2.24, 2.45) is 0 Å². The second-order valence-corrected chi connectivity index (χ2v) is 7.66. The molecule has 1 aromatic carbocycles. The van der Waals surface area contributed by atoms with Crippen LogP contribution in [0, 0.1) is 0 Å². The molecule has 1 atom stereocenters. The van der Waals surface area contributed by atoms with Crippen molar-refractivity contribution in [2.75, 3.05) is 0 Å². The van der Waals surface area contributed by atoms with Crippen LogP contribution >= 0.6 is 9.24 Å². The molecule has 0 saturated heterocycles. The summed E-state index contributed by atoms with van der Waals surface area (Å²) in [5.41, 5.74) is 3.62. The molecule has 0 aliphatic heterocycles. The molecule has 0 saturated carbocycles. The maximum absolute atomic E-state index is 2.95. The molecule has 0 amide bonds.